The van der Waals surface area contributed by atoms with Gasteiger partial charge >= 0.3 is 0 Å². The van der Waals surface area contributed by atoms with Crippen LogP contribution < -0.4 is 4.57 Å². The van der Waals surface area contributed by atoms with E-state index in [9.17, 15) is 0 Å². The topological polar surface area (TPSA) is 16.8 Å². The third-order valence-corrected chi connectivity index (χ3v) is 4.63. The smallest absolute Gasteiger partial charge is 0.247 e. The number of pyridine rings is 2. The van der Waals surface area contributed by atoms with Crippen LogP contribution in [0.2, 0.25) is 0 Å². The Hall–Kier alpha value is -3.62. The van der Waals surface area contributed by atoms with E-state index in [2.05, 4.69) is 76.0 Å². The molecule has 4 rings (SSSR count). The molecule has 2 heterocycles. The number of benzene rings is 2. The zero-order valence-corrected chi connectivity index (χ0v) is 15.0. The summed E-state index contributed by atoms with van der Waals surface area (Å²) in [5.41, 5.74) is 1.80. The van der Waals surface area contributed by atoms with Gasteiger partial charge in [-0.3, -0.25) is 0 Å². The summed E-state index contributed by atoms with van der Waals surface area (Å²) in [6.45, 7) is 0.849. The van der Waals surface area contributed by atoms with Crippen LogP contribution in [-0.4, -0.2) is 4.98 Å². The number of hydrogen-bond acceptors (Lipinski definition) is 1. The Morgan fingerprint density at radius 1 is 0.852 bits per heavy atom. The second-order valence-corrected chi connectivity index (χ2v) is 6.38. The first-order valence-electron chi connectivity index (χ1n) is 9.07. The number of rotatable bonds is 3. The minimum Gasteiger partial charge on any atom is -0.247 e. The van der Waals surface area contributed by atoms with E-state index < -0.39 is 0 Å². The van der Waals surface area contributed by atoms with E-state index in [1.165, 1.54) is 5.39 Å². The van der Waals surface area contributed by atoms with E-state index >= 15 is 0 Å². The highest BCUT2D eigenvalue weighted by molar-refractivity contribution is 5.88. The highest BCUT2D eigenvalue weighted by Crippen LogP contribution is 2.17. The molecule has 2 aromatic heterocycles. The van der Waals surface area contributed by atoms with Crippen LogP contribution in [0.4, 0.5) is 0 Å². The Balaban J connectivity index is 1.84. The summed E-state index contributed by atoms with van der Waals surface area (Å²) in [5, 5.41) is 4.55. The molecule has 2 aromatic carbocycles. The SMILES string of the molecule is C#CCCC[n+]1ccc2ccccc2c1C#Cc1nccc2ccccc12. The molecule has 0 saturated heterocycles. The molecule has 0 radical (unpaired) electrons. The molecular formula is C25H19N2+. The van der Waals surface area contributed by atoms with E-state index in [0.717, 1.165) is 46.9 Å². The number of fused-ring (bicyclic) bond motifs is 2. The fourth-order valence-corrected chi connectivity index (χ4v) is 3.27. The van der Waals surface area contributed by atoms with Crippen LogP contribution in [0.1, 0.15) is 24.2 Å². The van der Waals surface area contributed by atoms with Crippen molar-refractivity contribution < 1.29 is 4.57 Å². The highest BCUT2D eigenvalue weighted by Gasteiger charge is 2.13. The normalized spacial score (nSPS) is 10.3. The van der Waals surface area contributed by atoms with Crippen LogP contribution in [0.15, 0.2) is 73.1 Å². The molecule has 4 aromatic rings. The van der Waals surface area contributed by atoms with Crippen LogP contribution in [0.3, 0.4) is 0 Å². The number of terminal acetylenes is 1. The molecule has 0 bridgehead atoms. The van der Waals surface area contributed by atoms with Gasteiger partial charge in [0.05, 0.1) is 5.39 Å². The zero-order valence-electron chi connectivity index (χ0n) is 15.0. The predicted molar refractivity (Wildman–Crippen MR) is 110 cm³/mol. The fraction of sp³-hybridized carbons (Fsp3) is 0.120. The molecule has 0 fully saturated rings. The van der Waals surface area contributed by atoms with E-state index in [-0.39, 0.29) is 0 Å². The lowest BCUT2D eigenvalue weighted by Gasteiger charge is -2.03. The molecular weight excluding hydrogens is 328 g/mol. The van der Waals surface area contributed by atoms with Gasteiger partial charge in [0, 0.05) is 36.4 Å². The summed E-state index contributed by atoms with van der Waals surface area (Å²) in [4.78, 5) is 4.50. The van der Waals surface area contributed by atoms with Gasteiger partial charge in [0.15, 0.2) is 12.7 Å². The molecule has 2 nitrogen and oxygen atoms in total. The summed E-state index contributed by atoms with van der Waals surface area (Å²) in [7, 11) is 0. The van der Waals surface area contributed by atoms with Crippen LogP contribution in [-0.2, 0) is 6.54 Å². The number of aromatic nitrogens is 2. The lowest BCUT2D eigenvalue weighted by Crippen LogP contribution is -2.37. The molecule has 2 heteroatoms. The molecule has 0 aliphatic carbocycles. The van der Waals surface area contributed by atoms with Crippen molar-refractivity contribution in [3.05, 3.63) is 84.4 Å². The molecule has 0 saturated carbocycles. The van der Waals surface area contributed by atoms with E-state index in [0.29, 0.717) is 0 Å². The van der Waals surface area contributed by atoms with Gasteiger partial charge in [0.25, 0.3) is 5.69 Å². The van der Waals surface area contributed by atoms with Crippen molar-refractivity contribution in [2.75, 3.05) is 0 Å². The van der Waals surface area contributed by atoms with Crippen molar-refractivity contribution in [1.82, 2.24) is 4.98 Å². The fourth-order valence-electron chi connectivity index (χ4n) is 3.27. The number of unbranched alkanes of at least 4 members (excludes halogenated alkanes) is 1. The van der Waals surface area contributed by atoms with Crippen molar-refractivity contribution in [3.63, 3.8) is 0 Å². The predicted octanol–water partition coefficient (Wildman–Crippen LogP) is 4.49. The highest BCUT2D eigenvalue weighted by atomic mass is 14.9. The standard InChI is InChI=1S/C25H19N2/c1-2-3-8-18-27-19-16-21-10-5-7-12-23(21)25(27)14-13-24-22-11-6-4-9-20(22)15-17-26-24/h1,4-7,9-12,15-17,19H,3,8,18H2/q+1. The average Bonchev–Trinajstić information content (AvgIpc) is 2.73. The van der Waals surface area contributed by atoms with Crippen LogP contribution in [0, 0.1) is 24.2 Å². The number of aryl methyl sites for hydroxylation is 1. The third-order valence-electron chi connectivity index (χ3n) is 4.63. The molecule has 0 aliphatic heterocycles. The summed E-state index contributed by atoms with van der Waals surface area (Å²) < 4.78 is 2.19. The Kier molecular flexibility index (Phi) is 4.82. The zero-order chi connectivity index (χ0) is 18.5. The van der Waals surface area contributed by atoms with Gasteiger partial charge in [-0.25, -0.2) is 4.98 Å². The molecule has 0 N–H and O–H groups in total. The van der Waals surface area contributed by atoms with Crippen molar-refractivity contribution in [2.45, 2.75) is 19.4 Å². The Labute approximate surface area is 159 Å². The van der Waals surface area contributed by atoms with E-state index in [4.69, 9.17) is 6.42 Å². The minimum absolute atomic E-state index is 0.761. The maximum Gasteiger partial charge on any atom is 0.265 e. The van der Waals surface area contributed by atoms with Crippen molar-refractivity contribution in [1.29, 1.82) is 0 Å². The van der Waals surface area contributed by atoms with Crippen LogP contribution in [0.25, 0.3) is 21.5 Å². The van der Waals surface area contributed by atoms with E-state index in [1.807, 2.05) is 24.4 Å². The van der Waals surface area contributed by atoms with Gasteiger partial charge in [0.2, 0.25) is 0 Å². The quantitative estimate of drug-likeness (QED) is 0.303. The van der Waals surface area contributed by atoms with Gasteiger partial charge < -0.3 is 0 Å². The molecule has 27 heavy (non-hydrogen) atoms. The Bertz CT molecular complexity index is 1210. The molecule has 0 unspecified atom stereocenters. The molecule has 0 amide bonds. The summed E-state index contributed by atoms with van der Waals surface area (Å²) in [6.07, 6.45) is 11.0. The average molecular weight is 347 g/mol. The maximum absolute atomic E-state index is 5.41. The molecule has 128 valence electrons. The summed E-state index contributed by atoms with van der Waals surface area (Å²) >= 11 is 0. The first-order chi connectivity index (χ1) is 13.4. The van der Waals surface area contributed by atoms with Crippen molar-refractivity contribution in [3.8, 4) is 24.2 Å². The molecule has 0 atom stereocenters. The van der Waals surface area contributed by atoms with Crippen LogP contribution >= 0.6 is 0 Å². The summed E-state index contributed by atoms with van der Waals surface area (Å²) in [6, 6.07) is 20.7. The first-order valence-corrected chi connectivity index (χ1v) is 9.07. The second-order valence-electron chi connectivity index (χ2n) is 6.38. The van der Waals surface area contributed by atoms with Crippen LogP contribution in [0.5, 0.6) is 0 Å². The molecule has 0 aliphatic rings. The van der Waals surface area contributed by atoms with Gasteiger partial charge in [-0.1, -0.05) is 42.5 Å². The van der Waals surface area contributed by atoms with Gasteiger partial charge in [-0.05, 0) is 28.8 Å². The lowest BCUT2D eigenvalue weighted by molar-refractivity contribution is -0.698. The number of nitrogens with zero attached hydrogens (tertiary/aromatic N) is 2. The first kappa shape index (κ1) is 16.8. The summed E-state index contributed by atoms with van der Waals surface area (Å²) in [5.74, 6) is 9.41. The van der Waals surface area contributed by atoms with Gasteiger partial charge in [-0.15, -0.1) is 12.3 Å². The van der Waals surface area contributed by atoms with Gasteiger partial charge in [-0.2, -0.15) is 4.57 Å². The largest absolute Gasteiger partial charge is 0.265 e. The minimum atomic E-state index is 0.761. The third kappa shape index (κ3) is 3.52. The van der Waals surface area contributed by atoms with E-state index in [1.54, 1.807) is 0 Å². The molecule has 0 spiro atoms. The Morgan fingerprint density at radius 2 is 1.59 bits per heavy atom. The number of hydrogen-bond donors (Lipinski definition) is 0. The lowest BCUT2D eigenvalue weighted by atomic mass is 10.1. The second kappa shape index (κ2) is 7.73. The van der Waals surface area contributed by atoms with Crippen molar-refractivity contribution >= 4 is 21.5 Å². The Morgan fingerprint density at radius 3 is 2.41 bits per heavy atom. The maximum atomic E-state index is 5.41. The van der Waals surface area contributed by atoms with Gasteiger partial charge in [0.1, 0.15) is 5.69 Å². The van der Waals surface area contributed by atoms with Crippen molar-refractivity contribution in [2.24, 2.45) is 0 Å². The monoisotopic (exact) mass is 347 g/mol.